The van der Waals surface area contributed by atoms with Gasteiger partial charge in [0.25, 0.3) is 17.4 Å². The normalized spacial score (nSPS) is 10.6. The van der Waals surface area contributed by atoms with Crippen molar-refractivity contribution in [3.8, 4) is 0 Å². The zero-order chi connectivity index (χ0) is 21.5. The lowest BCUT2D eigenvalue weighted by Gasteiger charge is -2.20. The summed E-state index contributed by atoms with van der Waals surface area (Å²) in [6.45, 7) is 4.68. The maximum atomic E-state index is 12.9. The van der Waals surface area contributed by atoms with Crippen LogP contribution in [0.15, 0.2) is 71.7 Å². The van der Waals surface area contributed by atoms with Gasteiger partial charge in [0.2, 0.25) is 0 Å². The van der Waals surface area contributed by atoms with E-state index in [1.807, 2.05) is 74.5 Å². The van der Waals surface area contributed by atoms with Gasteiger partial charge in [-0.05, 0) is 25.0 Å². The van der Waals surface area contributed by atoms with Crippen LogP contribution in [0.1, 0.15) is 52.0 Å². The first-order valence-corrected chi connectivity index (χ1v) is 9.84. The number of nitrogens with zero attached hydrogens (tertiary/aromatic N) is 2. The average Bonchev–Trinajstić information content (AvgIpc) is 2.79. The maximum absolute atomic E-state index is 12.9. The summed E-state index contributed by atoms with van der Waals surface area (Å²) in [7, 11) is 0. The molecule has 0 radical (unpaired) electrons. The van der Waals surface area contributed by atoms with Gasteiger partial charge in [-0.15, -0.1) is 0 Å². The lowest BCUT2D eigenvalue weighted by atomic mass is 9.98. The van der Waals surface area contributed by atoms with Gasteiger partial charge in [-0.3, -0.25) is 14.4 Å². The molecule has 1 aromatic heterocycles. The van der Waals surface area contributed by atoms with Crippen molar-refractivity contribution >= 4 is 11.8 Å². The third kappa shape index (κ3) is 4.63. The summed E-state index contributed by atoms with van der Waals surface area (Å²) in [6, 6.07) is 18.5. The molecular formula is C23H24N4O3. The molecule has 2 N–H and O–H groups in total. The quantitative estimate of drug-likeness (QED) is 0.633. The number of carbonyl (C=O) groups is 2. The Morgan fingerprint density at radius 3 is 1.97 bits per heavy atom. The van der Waals surface area contributed by atoms with Crippen molar-refractivity contribution in [3.63, 3.8) is 0 Å². The molecule has 1 heterocycles. The molecule has 0 unspecified atom stereocenters. The Morgan fingerprint density at radius 2 is 1.50 bits per heavy atom. The van der Waals surface area contributed by atoms with Crippen LogP contribution in [-0.4, -0.2) is 39.8 Å². The van der Waals surface area contributed by atoms with Gasteiger partial charge in [-0.2, -0.15) is 0 Å². The number of benzene rings is 2. The zero-order valence-corrected chi connectivity index (χ0v) is 17.0. The van der Waals surface area contributed by atoms with E-state index in [4.69, 9.17) is 0 Å². The first-order valence-electron chi connectivity index (χ1n) is 9.84. The second-order valence-electron chi connectivity index (χ2n) is 6.68. The second-order valence-corrected chi connectivity index (χ2v) is 6.68. The maximum Gasteiger partial charge on any atom is 0.289 e. The monoisotopic (exact) mass is 404 g/mol. The molecule has 0 aliphatic rings. The molecule has 3 aromatic rings. The number of nitrogens with one attached hydrogen (secondary N) is 2. The minimum absolute atomic E-state index is 0.0806. The molecule has 0 fully saturated rings. The lowest BCUT2D eigenvalue weighted by molar-refractivity contribution is 0.0759. The van der Waals surface area contributed by atoms with Crippen molar-refractivity contribution in [3.05, 3.63) is 99.7 Å². The summed E-state index contributed by atoms with van der Waals surface area (Å²) in [5, 5.41) is 2.91. The fourth-order valence-electron chi connectivity index (χ4n) is 3.18. The van der Waals surface area contributed by atoms with E-state index >= 15 is 0 Å². The summed E-state index contributed by atoms with van der Waals surface area (Å²) in [6.07, 6.45) is 1.15. The number of hydrogen-bond acceptors (Lipinski definition) is 4. The molecule has 7 nitrogen and oxygen atoms in total. The Bertz CT molecular complexity index is 1020. The first kappa shape index (κ1) is 21.0. The van der Waals surface area contributed by atoms with E-state index in [2.05, 4.69) is 15.3 Å². The van der Waals surface area contributed by atoms with Crippen molar-refractivity contribution < 1.29 is 9.59 Å². The van der Waals surface area contributed by atoms with Gasteiger partial charge in [0, 0.05) is 19.3 Å². The highest BCUT2D eigenvalue weighted by Gasteiger charge is 2.22. The van der Waals surface area contributed by atoms with E-state index < -0.39 is 17.5 Å². The van der Waals surface area contributed by atoms with E-state index in [0.29, 0.717) is 13.1 Å². The number of aromatic nitrogens is 2. The lowest BCUT2D eigenvalue weighted by Crippen LogP contribution is -2.36. The molecule has 0 spiro atoms. The fraction of sp³-hybridized carbons (Fsp3) is 0.217. The van der Waals surface area contributed by atoms with Crippen molar-refractivity contribution in [1.29, 1.82) is 0 Å². The van der Waals surface area contributed by atoms with Crippen LogP contribution in [-0.2, 0) is 0 Å². The van der Waals surface area contributed by atoms with Crippen LogP contribution < -0.4 is 10.9 Å². The van der Waals surface area contributed by atoms with Gasteiger partial charge in [-0.1, -0.05) is 60.7 Å². The highest BCUT2D eigenvalue weighted by molar-refractivity contribution is 5.95. The standard InChI is InChI=1S/C23H24N4O3/c1-3-27(4-2)23(30)20-24-15-18(22(29)26-20)21(28)25-19(16-11-7-5-8-12-16)17-13-9-6-10-14-17/h5-15,19H,3-4H2,1-2H3,(H,25,28)(H,24,26,29). The second kappa shape index (κ2) is 9.65. The summed E-state index contributed by atoms with van der Waals surface area (Å²) >= 11 is 0. The first-order chi connectivity index (χ1) is 14.5. The number of hydrogen-bond donors (Lipinski definition) is 2. The topological polar surface area (TPSA) is 95.2 Å². The number of carbonyl (C=O) groups excluding carboxylic acids is 2. The summed E-state index contributed by atoms with van der Waals surface area (Å²) < 4.78 is 0. The van der Waals surface area contributed by atoms with E-state index in [9.17, 15) is 14.4 Å². The van der Waals surface area contributed by atoms with Crippen LogP contribution in [0.3, 0.4) is 0 Å². The molecular weight excluding hydrogens is 380 g/mol. The zero-order valence-electron chi connectivity index (χ0n) is 17.0. The van der Waals surface area contributed by atoms with Gasteiger partial charge in [0.15, 0.2) is 5.82 Å². The molecule has 0 atom stereocenters. The Kier molecular flexibility index (Phi) is 6.75. The average molecular weight is 404 g/mol. The predicted octanol–water partition coefficient (Wildman–Crippen LogP) is 2.77. The summed E-state index contributed by atoms with van der Waals surface area (Å²) in [4.78, 5) is 45.8. The van der Waals surface area contributed by atoms with Gasteiger partial charge < -0.3 is 15.2 Å². The third-order valence-electron chi connectivity index (χ3n) is 4.84. The van der Waals surface area contributed by atoms with E-state index in [0.717, 1.165) is 17.3 Å². The number of rotatable bonds is 7. The predicted molar refractivity (Wildman–Crippen MR) is 114 cm³/mol. The van der Waals surface area contributed by atoms with Crippen molar-refractivity contribution in [2.75, 3.05) is 13.1 Å². The van der Waals surface area contributed by atoms with Crippen LogP contribution in [0.25, 0.3) is 0 Å². The minimum Gasteiger partial charge on any atom is -0.341 e. The van der Waals surface area contributed by atoms with Gasteiger partial charge in [0.1, 0.15) is 5.56 Å². The molecule has 7 heteroatoms. The Morgan fingerprint density at radius 1 is 0.967 bits per heavy atom. The van der Waals surface area contributed by atoms with Crippen molar-refractivity contribution in [2.45, 2.75) is 19.9 Å². The molecule has 0 aliphatic heterocycles. The largest absolute Gasteiger partial charge is 0.341 e. The molecule has 0 bridgehead atoms. The Labute approximate surface area is 174 Å². The van der Waals surface area contributed by atoms with Crippen LogP contribution in [0, 0.1) is 0 Å². The fourth-order valence-corrected chi connectivity index (χ4v) is 3.18. The Balaban J connectivity index is 1.88. The van der Waals surface area contributed by atoms with Gasteiger partial charge >= 0.3 is 0 Å². The van der Waals surface area contributed by atoms with Gasteiger partial charge in [-0.25, -0.2) is 4.98 Å². The van der Waals surface area contributed by atoms with Crippen LogP contribution in [0.5, 0.6) is 0 Å². The molecule has 0 aliphatic carbocycles. The summed E-state index contributed by atoms with van der Waals surface area (Å²) in [5.74, 6) is -1.03. The summed E-state index contributed by atoms with van der Waals surface area (Å²) in [5.41, 5.74) is 0.963. The molecule has 0 saturated carbocycles. The van der Waals surface area contributed by atoms with Gasteiger partial charge in [0.05, 0.1) is 6.04 Å². The third-order valence-corrected chi connectivity index (χ3v) is 4.84. The molecule has 2 amide bonds. The SMILES string of the molecule is CCN(CC)C(=O)c1ncc(C(=O)NC(c2ccccc2)c2ccccc2)c(=O)[nH]1. The molecule has 3 rings (SSSR count). The number of aromatic amines is 1. The van der Waals surface area contributed by atoms with E-state index in [-0.39, 0.29) is 17.3 Å². The molecule has 0 saturated heterocycles. The Hall–Kier alpha value is -3.74. The van der Waals surface area contributed by atoms with Crippen molar-refractivity contribution in [1.82, 2.24) is 20.2 Å². The van der Waals surface area contributed by atoms with Crippen molar-refractivity contribution in [2.24, 2.45) is 0 Å². The molecule has 154 valence electrons. The highest BCUT2D eigenvalue weighted by Crippen LogP contribution is 2.22. The van der Waals surface area contributed by atoms with E-state index in [1.54, 1.807) is 4.90 Å². The van der Waals surface area contributed by atoms with Crippen LogP contribution >= 0.6 is 0 Å². The number of H-pyrrole nitrogens is 1. The smallest absolute Gasteiger partial charge is 0.289 e. The highest BCUT2D eigenvalue weighted by atomic mass is 16.2. The molecule has 30 heavy (non-hydrogen) atoms. The van der Waals surface area contributed by atoms with Crippen LogP contribution in [0.2, 0.25) is 0 Å². The minimum atomic E-state index is -0.655. The van der Waals surface area contributed by atoms with E-state index in [1.165, 1.54) is 0 Å². The number of amides is 2. The molecule has 2 aromatic carbocycles. The van der Waals surface area contributed by atoms with Crippen LogP contribution in [0.4, 0.5) is 0 Å².